The van der Waals surface area contributed by atoms with Crippen molar-refractivity contribution in [2.24, 2.45) is 0 Å². The molecule has 1 saturated heterocycles. The van der Waals surface area contributed by atoms with E-state index < -0.39 is 0 Å². The fourth-order valence-electron chi connectivity index (χ4n) is 3.95. The van der Waals surface area contributed by atoms with E-state index in [1.54, 1.807) is 24.5 Å². The summed E-state index contributed by atoms with van der Waals surface area (Å²) in [7, 11) is 0. The second-order valence-electron chi connectivity index (χ2n) is 7.88. The second-order valence-corrected chi connectivity index (χ2v) is 7.88. The Morgan fingerprint density at radius 1 is 1.16 bits per heavy atom. The summed E-state index contributed by atoms with van der Waals surface area (Å²) in [6.45, 7) is 3.96. The van der Waals surface area contributed by atoms with Crippen molar-refractivity contribution in [1.82, 2.24) is 25.2 Å². The minimum Gasteiger partial charge on any atom is -0.348 e. The number of amides is 1. The number of pyridine rings is 1. The van der Waals surface area contributed by atoms with E-state index in [9.17, 15) is 9.18 Å². The van der Waals surface area contributed by atoms with Gasteiger partial charge in [-0.25, -0.2) is 14.4 Å². The van der Waals surface area contributed by atoms with Crippen LogP contribution in [0.5, 0.6) is 0 Å². The summed E-state index contributed by atoms with van der Waals surface area (Å²) < 4.78 is 13.0. The number of nitrogens with one attached hydrogen (secondary N) is 1. The predicted molar refractivity (Wildman–Crippen MR) is 116 cm³/mol. The second kappa shape index (κ2) is 9.75. The maximum atomic E-state index is 13.0. The van der Waals surface area contributed by atoms with E-state index >= 15 is 0 Å². The van der Waals surface area contributed by atoms with Crippen LogP contribution in [0.15, 0.2) is 55.0 Å². The lowest BCUT2D eigenvalue weighted by Crippen LogP contribution is -2.34. The van der Waals surface area contributed by atoms with E-state index in [4.69, 9.17) is 4.98 Å². The van der Waals surface area contributed by atoms with Crippen LogP contribution >= 0.6 is 0 Å². The molecule has 4 rings (SSSR count). The van der Waals surface area contributed by atoms with Gasteiger partial charge in [-0.1, -0.05) is 24.6 Å². The van der Waals surface area contributed by atoms with Crippen molar-refractivity contribution >= 4 is 5.91 Å². The standard InChI is InChI=1S/C24H26FN5O/c1-17-21(24(31)28-14-18-7-9-20(25)10-8-18)15-27-23(29-17)22-6-2-3-12-30(22)16-19-5-4-11-26-13-19/h4-5,7-11,13,15,22H,2-3,6,12,14,16H2,1H3,(H,28,31)/t22-/m0/s1. The van der Waals surface area contributed by atoms with Gasteiger partial charge in [0.25, 0.3) is 5.91 Å². The molecule has 7 heteroatoms. The number of hydrogen-bond acceptors (Lipinski definition) is 5. The third kappa shape index (κ3) is 5.30. The number of carbonyl (C=O) groups excluding carboxylic acids is 1. The number of likely N-dealkylation sites (tertiary alicyclic amines) is 1. The normalized spacial score (nSPS) is 16.8. The van der Waals surface area contributed by atoms with Crippen LogP contribution < -0.4 is 5.32 Å². The first-order chi connectivity index (χ1) is 15.1. The molecule has 0 aliphatic carbocycles. The largest absolute Gasteiger partial charge is 0.348 e. The molecule has 31 heavy (non-hydrogen) atoms. The molecule has 1 atom stereocenters. The Morgan fingerprint density at radius 3 is 2.74 bits per heavy atom. The van der Waals surface area contributed by atoms with Crippen LogP contribution in [0.4, 0.5) is 4.39 Å². The molecule has 1 aromatic carbocycles. The summed E-state index contributed by atoms with van der Waals surface area (Å²) in [6, 6.07) is 10.2. The Bertz CT molecular complexity index is 1030. The highest BCUT2D eigenvalue weighted by molar-refractivity contribution is 5.94. The van der Waals surface area contributed by atoms with Crippen LogP contribution in [-0.2, 0) is 13.1 Å². The Kier molecular flexibility index (Phi) is 6.62. The molecule has 2 aromatic heterocycles. The van der Waals surface area contributed by atoms with Crippen LogP contribution in [-0.4, -0.2) is 32.3 Å². The topological polar surface area (TPSA) is 71.0 Å². The predicted octanol–water partition coefficient (Wildman–Crippen LogP) is 3.98. The van der Waals surface area contributed by atoms with Crippen molar-refractivity contribution in [3.63, 3.8) is 0 Å². The van der Waals surface area contributed by atoms with Gasteiger partial charge < -0.3 is 5.32 Å². The number of halogens is 1. The molecule has 1 amide bonds. The van der Waals surface area contributed by atoms with Gasteiger partial charge in [-0.2, -0.15) is 0 Å². The SMILES string of the molecule is Cc1nc([C@@H]2CCCCN2Cc2cccnc2)ncc1C(=O)NCc1ccc(F)cc1. The first-order valence-corrected chi connectivity index (χ1v) is 10.6. The van der Waals surface area contributed by atoms with Crippen molar-refractivity contribution in [3.05, 3.63) is 89.0 Å². The summed E-state index contributed by atoms with van der Waals surface area (Å²) in [5.41, 5.74) is 3.12. The van der Waals surface area contributed by atoms with Crippen LogP contribution in [0, 0.1) is 12.7 Å². The number of nitrogens with zero attached hydrogens (tertiary/aromatic N) is 4. The number of carbonyl (C=O) groups is 1. The van der Waals surface area contributed by atoms with Gasteiger partial charge >= 0.3 is 0 Å². The highest BCUT2D eigenvalue weighted by atomic mass is 19.1. The third-order valence-corrected chi connectivity index (χ3v) is 5.63. The smallest absolute Gasteiger partial charge is 0.254 e. The number of benzene rings is 1. The van der Waals surface area contributed by atoms with Gasteiger partial charge in [0.15, 0.2) is 0 Å². The lowest BCUT2D eigenvalue weighted by Gasteiger charge is -2.34. The fourth-order valence-corrected chi connectivity index (χ4v) is 3.95. The Morgan fingerprint density at radius 2 is 2.00 bits per heavy atom. The number of piperidine rings is 1. The van der Waals surface area contributed by atoms with Crippen molar-refractivity contribution in [2.75, 3.05) is 6.54 Å². The molecule has 0 unspecified atom stereocenters. The molecular weight excluding hydrogens is 393 g/mol. The van der Waals surface area contributed by atoms with Crippen LogP contribution in [0.2, 0.25) is 0 Å². The maximum Gasteiger partial charge on any atom is 0.254 e. The van der Waals surface area contributed by atoms with Crippen molar-refractivity contribution in [2.45, 2.75) is 45.3 Å². The summed E-state index contributed by atoms with van der Waals surface area (Å²) >= 11 is 0. The van der Waals surface area contributed by atoms with Gasteiger partial charge in [0.2, 0.25) is 0 Å². The lowest BCUT2D eigenvalue weighted by molar-refractivity contribution is 0.0948. The van der Waals surface area contributed by atoms with Gasteiger partial charge in [-0.3, -0.25) is 14.7 Å². The monoisotopic (exact) mass is 419 g/mol. The quantitative estimate of drug-likeness (QED) is 0.655. The Hall–Kier alpha value is -3.19. The summed E-state index contributed by atoms with van der Waals surface area (Å²) in [5, 5.41) is 2.86. The average Bonchev–Trinajstić information content (AvgIpc) is 2.79. The third-order valence-electron chi connectivity index (χ3n) is 5.63. The number of aryl methyl sites for hydroxylation is 1. The molecule has 0 radical (unpaired) electrons. The molecular formula is C24H26FN5O. The van der Waals surface area contributed by atoms with Crippen LogP contribution in [0.1, 0.15) is 58.3 Å². The zero-order chi connectivity index (χ0) is 21.6. The van der Waals surface area contributed by atoms with Crippen LogP contribution in [0.25, 0.3) is 0 Å². The van der Waals surface area contributed by atoms with E-state index in [-0.39, 0.29) is 17.8 Å². The molecule has 1 aliphatic heterocycles. The maximum absolute atomic E-state index is 13.0. The van der Waals surface area contributed by atoms with Crippen molar-refractivity contribution in [3.8, 4) is 0 Å². The summed E-state index contributed by atoms with van der Waals surface area (Å²) in [5.74, 6) is 0.232. The van der Waals surface area contributed by atoms with Gasteiger partial charge in [-0.05, 0) is 55.6 Å². The molecule has 0 bridgehead atoms. The summed E-state index contributed by atoms with van der Waals surface area (Å²) in [6.07, 6.45) is 8.58. The summed E-state index contributed by atoms with van der Waals surface area (Å²) in [4.78, 5) is 28.5. The molecule has 1 N–H and O–H groups in total. The molecule has 6 nitrogen and oxygen atoms in total. The molecule has 0 saturated carbocycles. The molecule has 3 heterocycles. The van der Waals surface area contributed by atoms with Crippen molar-refractivity contribution < 1.29 is 9.18 Å². The highest BCUT2D eigenvalue weighted by Gasteiger charge is 2.27. The van der Waals surface area contributed by atoms with E-state index in [2.05, 4.69) is 26.3 Å². The van der Waals surface area contributed by atoms with E-state index in [0.717, 1.165) is 43.7 Å². The lowest BCUT2D eigenvalue weighted by atomic mass is 10.0. The number of rotatable bonds is 6. The average molecular weight is 420 g/mol. The zero-order valence-corrected chi connectivity index (χ0v) is 17.6. The molecule has 3 aromatic rings. The molecule has 0 spiro atoms. The first-order valence-electron chi connectivity index (χ1n) is 10.6. The highest BCUT2D eigenvalue weighted by Crippen LogP contribution is 2.30. The van der Waals surface area contributed by atoms with Gasteiger partial charge in [0.1, 0.15) is 11.6 Å². The Balaban J connectivity index is 1.45. The van der Waals surface area contributed by atoms with Gasteiger partial charge in [0, 0.05) is 31.7 Å². The molecule has 160 valence electrons. The Labute approximate surface area is 181 Å². The van der Waals surface area contributed by atoms with Gasteiger partial charge in [-0.15, -0.1) is 0 Å². The fraction of sp³-hybridized carbons (Fsp3) is 0.333. The van der Waals surface area contributed by atoms with Crippen LogP contribution in [0.3, 0.4) is 0 Å². The minimum absolute atomic E-state index is 0.129. The van der Waals surface area contributed by atoms with Crippen molar-refractivity contribution in [1.29, 1.82) is 0 Å². The number of hydrogen-bond donors (Lipinski definition) is 1. The molecule has 1 fully saturated rings. The van der Waals surface area contributed by atoms with Gasteiger partial charge in [0.05, 0.1) is 17.3 Å². The number of aromatic nitrogens is 3. The zero-order valence-electron chi connectivity index (χ0n) is 17.6. The minimum atomic E-state index is -0.296. The van der Waals surface area contributed by atoms with E-state index in [1.165, 1.54) is 17.7 Å². The molecule has 1 aliphatic rings. The van der Waals surface area contributed by atoms with E-state index in [0.29, 0.717) is 17.8 Å². The van der Waals surface area contributed by atoms with E-state index in [1.807, 2.05) is 19.2 Å². The first kappa shape index (κ1) is 21.1.